The van der Waals surface area contributed by atoms with E-state index in [1.54, 1.807) is 0 Å². The van der Waals surface area contributed by atoms with Crippen molar-refractivity contribution in [3.05, 3.63) is 29.8 Å². The third-order valence-electron chi connectivity index (χ3n) is 5.97. The van der Waals surface area contributed by atoms with E-state index < -0.39 is 0 Å². The van der Waals surface area contributed by atoms with E-state index in [0.717, 1.165) is 55.0 Å². The summed E-state index contributed by atoms with van der Waals surface area (Å²) in [5, 5.41) is 3.81. The van der Waals surface area contributed by atoms with Crippen LogP contribution in [0.1, 0.15) is 44.6 Å². The lowest BCUT2D eigenvalue weighted by Gasteiger charge is -2.11. The summed E-state index contributed by atoms with van der Waals surface area (Å²) in [4.78, 5) is 0. The van der Waals surface area contributed by atoms with E-state index in [-0.39, 0.29) is 0 Å². The van der Waals surface area contributed by atoms with E-state index in [2.05, 4.69) is 36.5 Å². The molecule has 0 aromatic heterocycles. The number of benzene rings is 1. The van der Waals surface area contributed by atoms with Gasteiger partial charge in [0.2, 0.25) is 0 Å². The second-order valence-corrected chi connectivity index (χ2v) is 7.24. The van der Waals surface area contributed by atoms with Crippen LogP contribution < -0.4 is 10.1 Å². The number of unbranched alkanes of at least 4 members (excludes halogenated alkanes) is 1. The number of fused-ring (bicyclic) bond motifs is 5. The molecule has 3 fully saturated rings. The molecule has 0 amide bonds. The van der Waals surface area contributed by atoms with Crippen molar-refractivity contribution in [3.8, 4) is 5.75 Å². The monoisotopic (exact) mass is 285 g/mol. The molecule has 21 heavy (non-hydrogen) atoms. The van der Waals surface area contributed by atoms with Crippen LogP contribution >= 0.6 is 0 Å². The third kappa shape index (κ3) is 2.59. The lowest BCUT2D eigenvalue weighted by molar-refractivity contribution is 0.309. The Kier molecular flexibility index (Phi) is 3.66. The molecule has 1 N–H and O–H groups in total. The van der Waals surface area contributed by atoms with Crippen LogP contribution in [0.3, 0.4) is 0 Å². The highest BCUT2D eigenvalue weighted by Gasteiger charge is 2.64. The zero-order valence-corrected chi connectivity index (χ0v) is 13.1. The van der Waals surface area contributed by atoms with Gasteiger partial charge < -0.3 is 10.1 Å². The molecule has 0 radical (unpaired) electrons. The molecule has 3 aliphatic rings. The Hall–Kier alpha value is -1.02. The van der Waals surface area contributed by atoms with Crippen LogP contribution in [0.25, 0.3) is 0 Å². The zero-order valence-electron chi connectivity index (χ0n) is 13.1. The number of rotatable bonds is 7. The van der Waals surface area contributed by atoms with Gasteiger partial charge in [-0.05, 0) is 67.1 Å². The van der Waals surface area contributed by atoms with Crippen molar-refractivity contribution in [3.63, 3.8) is 0 Å². The Morgan fingerprint density at radius 2 is 1.81 bits per heavy atom. The smallest absolute Gasteiger partial charge is 0.119 e. The molecule has 0 aliphatic heterocycles. The molecule has 4 atom stereocenters. The Morgan fingerprint density at radius 1 is 1.10 bits per heavy atom. The standard InChI is InChI=1S/C19H27NO/c1-2-3-10-21-16-8-4-13(5-9-16)12-20-19-17-14-6-7-15(11-14)18(17)19/h4-5,8-9,14-15,17-20H,2-3,6-7,10-12H2,1H3. The van der Waals surface area contributed by atoms with Crippen LogP contribution in [0.2, 0.25) is 0 Å². The highest BCUT2D eigenvalue weighted by Crippen LogP contribution is 2.65. The Labute approximate surface area is 128 Å². The van der Waals surface area contributed by atoms with Crippen LogP contribution in [-0.2, 0) is 6.54 Å². The topological polar surface area (TPSA) is 21.3 Å². The van der Waals surface area contributed by atoms with Gasteiger partial charge in [0.1, 0.15) is 5.75 Å². The van der Waals surface area contributed by atoms with E-state index in [4.69, 9.17) is 4.74 Å². The molecular formula is C19H27NO. The summed E-state index contributed by atoms with van der Waals surface area (Å²) in [6.07, 6.45) is 6.88. The van der Waals surface area contributed by atoms with E-state index in [1.807, 2.05) is 0 Å². The van der Waals surface area contributed by atoms with Gasteiger partial charge in [0.05, 0.1) is 6.61 Å². The first kappa shape index (κ1) is 13.6. The van der Waals surface area contributed by atoms with Gasteiger partial charge in [-0.15, -0.1) is 0 Å². The molecule has 0 heterocycles. The summed E-state index contributed by atoms with van der Waals surface area (Å²) >= 11 is 0. The van der Waals surface area contributed by atoms with Crippen molar-refractivity contribution in [2.24, 2.45) is 23.7 Å². The SMILES string of the molecule is CCCCOc1ccc(CNC2C3C4CCC(C4)C23)cc1. The van der Waals surface area contributed by atoms with Gasteiger partial charge in [0.25, 0.3) is 0 Å². The molecule has 1 aromatic rings. The third-order valence-corrected chi connectivity index (χ3v) is 5.97. The van der Waals surface area contributed by atoms with E-state index in [1.165, 1.54) is 31.2 Å². The van der Waals surface area contributed by atoms with Crippen molar-refractivity contribution in [2.75, 3.05) is 6.61 Å². The number of hydrogen-bond acceptors (Lipinski definition) is 2. The summed E-state index contributed by atoms with van der Waals surface area (Å²) in [5.74, 6) is 5.19. The molecule has 2 heteroatoms. The Balaban J connectivity index is 1.25. The summed E-state index contributed by atoms with van der Waals surface area (Å²) in [6, 6.07) is 9.48. The molecule has 0 saturated heterocycles. The highest BCUT2D eigenvalue weighted by molar-refractivity contribution is 5.27. The predicted octanol–water partition coefficient (Wildman–Crippen LogP) is 4.00. The molecule has 4 rings (SSSR count). The summed E-state index contributed by atoms with van der Waals surface area (Å²) in [7, 11) is 0. The van der Waals surface area contributed by atoms with Crippen molar-refractivity contribution in [2.45, 2.75) is 51.6 Å². The minimum Gasteiger partial charge on any atom is -0.494 e. The molecule has 2 nitrogen and oxygen atoms in total. The first-order valence-electron chi connectivity index (χ1n) is 8.82. The molecular weight excluding hydrogens is 258 g/mol. The molecule has 4 unspecified atom stereocenters. The van der Waals surface area contributed by atoms with Gasteiger partial charge in [0.15, 0.2) is 0 Å². The molecule has 2 bridgehead atoms. The van der Waals surface area contributed by atoms with E-state index in [9.17, 15) is 0 Å². The van der Waals surface area contributed by atoms with E-state index >= 15 is 0 Å². The largest absolute Gasteiger partial charge is 0.494 e. The van der Waals surface area contributed by atoms with E-state index in [0.29, 0.717) is 0 Å². The van der Waals surface area contributed by atoms with Gasteiger partial charge >= 0.3 is 0 Å². The highest BCUT2D eigenvalue weighted by atomic mass is 16.5. The second kappa shape index (κ2) is 5.64. The van der Waals surface area contributed by atoms with Gasteiger partial charge in [0, 0.05) is 12.6 Å². The van der Waals surface area contributed by atoms with Crippen LogP contribution in [-0.4, -0.2) is 12.6 Å². The molecule has 0 spiro atoms. The number of hydrogen-bond donors (Lipinski definition) is 1. The van der Waals surface area contributed by atoms with Crippen molar-refractivity contribution < 1.29 is 4.74 Å². The first-order valence-corrected chi connectivity index (χ1v) is 8.82. The van der Waals surface area contributed by atoms with Crippen LogP contribution in [0.15, 0.2) is 24.3 Å². The fraction of sp³-hybridized carbons (Fsp3) is 0.684. The molecule has 1 aromatic carbocycles. The minimum atomic E-state index is 0.830. The lowest BCUT2D eigenvalue weighted by Crippen LogP contribution is -2.22. The lowest BCUT2D eigenvalue weighted by atomic mass is 10.0. The van der Waals surface area contributed by atoms with Gasteiger partial charge in [-0.2, -0.15) is 0 Å². The minimum absolute atomic E-state index is 0.830. The van der Waals surface area contributed by atoms with Crippen LogP contribution in [0, 0.1) is 23.7 Å². The summed E-state index contributed by atoms with van der Waals surface area (Å²) < 4.78 is 5.72. The first-order chi connectivity index (χ1) is 10.4. The van der Waals surface area contributed by atoms with Gasteiger partial charge in [-0.25, -0.2) is 0 Å². The molecule has 114 valence electrons. The van der Waals surface area contributed by atoms with Gasteiger partial charge in [-0.1, -0.05) is 25.5 Å². The number of ether oxygens (including phenoxy) is 1. The maximum atomic E-state index is 5.72. The fourth-order valence-electron chi connectivity index (χ4n) is 4.87. The molecule has 3 saturated carbocycles. The Morgan fingerprint density at radius 3 is 2.48 bits per heavy atom. The van der Waals surface area contributed by atoms with Crippen molar-refractivity contribution >= 4 is 0 Å². The normalized spacial score (nSPS) is 35.8. The Bertz CT molecular complexity index is 467. The van der Waals surface area contributed by atoms with Crippen LogP contribution in [0.5, 0.6) is 5.75 Å². The predicted molar refractivity (Wildman–Crippen MR) is 85.3 cm³/mol. The zero-order chi connectivity index (χ0) is 14.2. The van der Waals surface area contributed by atoms with Gasteiger partial charge in [-0.3, -0.25) is 0 Å². The quantitative estimate of drug-likeness (QED) is 0.765. The molecule has 3 aliphatic carbocycles. The van der Waals surface area contributed by atoms with Crippen molar-refractivity contribution in [1.82, 2.24) is 5.32 Å². The average Bonchev–Trinajstić information content (AvgIpc) is 2.89. The summed E-state index contributed by atoms with van der Waals surface area (Å²) in [5.41, 5.74) is 1.38. The van der Waals surface area contributed by atoms with Crippen LogP contribution in [0.4, 0.5) is 0 Å². The number of nitrogens with one attached hydrogen (secondary N) is 1. The average molecular weight is 285 g/mol. The second-order valence-electron chi connectivity index (χ2n) is 7.24. The summed E-state index contributed by atoms with van der Waals surface area (Å²) in [6.45, 7) is 4.05. The fourth-order valence-corrected chi connectivity index (χ4v) is 4.87. The maximum Gasteiger partial charge on any atom is 0.119 e. The maximum absolute atomic E-state index is 5.72. The van der Waals surface area contributed by atoms with Crippen molar-refractivity contribution in [1.29, 1.82) is 0 Å².